The standard InChI is InChI=1S/C13H8F3N9/c14-13(15,16)9-4-10(25-12(23-9)19-7-21-25)22-8-5-20-24(6-8)11-17-2-1-3-18-11/h1-7,22H. The van der Waals surface area contributed by atoms with Gasteiger partial charge in [0.15, 0.2) is 5.69 Å². The Hall–Kier alpha value is -3.57. The zero-order chi connectivity index (χ0) is 17.4. The molecule has 0 aliphatic heterocycles. The number of alkyl halides is 3. The molecule has 12 heteroatoms. The van der Waals surface area contributed by atoms with E-state index in [1.165, 1.54) is 17.1 Å². The summed E-state index contributed by atoms with van der Waals surface area (Å²) in [4.78, 5) is 15.2. The predicted molar refractivity (Wildman–Crippen MR) is 78.2 cm³/mol. The third kappa shape index (κ3) is 2.84. The van der Waals surface area contributed by atoms with Crippen LogP contribution in [0.3, 0.4) is 0 Å². The Labute approximate surface area is 137 Å². The zero-order valence-electron chi connectivity index (χ0n) is 12.3. The van der Waals surface area contributed by atoms with E-state index < -0.39 is 11.9 Å². The highest BCUT2D eigenvalue weighted by Gasteiger charge is 2.34. The Balaban J connectivity index is 1.71. The Bertz CT molecular complexity index is 1020. The fraction of sp³-hybridized carbons (Fsp3) is 0.0769. The second-order valence-corrected chi connectivity index (χ2v) is 4.84. The topological polar surface area (TPSA) is 98.7 Å². The molecule has 0 bridgehead atoms. The number of halogens is 3. The molecule has 0 saturated heterocycles. The van der Waals surface area contributed by atoms with Crippen molar-refractivity contribution in [1.29, 1.82) is 0 Å². The van der Waals surface area contributed by atoms with Crippen LogP contribution in [0.1, 0.15) is 5.69 Å². The number of fused-ring (bicyclic) bond motifs is 1. The molecule has 0 aliphatic carbocycles. The largest absolute Gasteiger partial charge is 0.433 e. The first-order valence-corrected chi connectivity index (χ1v) is 6.88. The van der Waals surface area contributed by atoms with Gasteiger partial charge in [-0.05, 0) is 6.07 Å². The molecule has 0 radical (unpaired) electrons. The second-order valence-electron chi connectivity index (χ2n) is 4.84. The number of anilines is 2. The summed E-state index contributed by atoms with van der Waals surface area (Å²) in [5.74, 6) is 0.201. The van der Waals surface area contributed by atoms with E-state index in [1.807, 2.05) is 0 Å². The Morgan fingerprint density at radius 1 is 1.04 bits per heavy atom. The van der Waals surface area contributed by atoms with E-state index in [0.29, 0.717) is 11.6 Å². The van der Waals surface area contributed by atoms with Crippen molar-refractivity contribution in [2.45, 2.75) is 6.18 Å². The highest BCUT2D eigenvalue weighted by atomic mass is 19.4. The van der Waals surface area contributed by atoms with E-state index in [0.717, 1.165) is 16.9 Å². The molecule has 4 aromatic rings. The maximum Gasteiger partial charge on any atom is 0.433 e. The highest BCUT2D eigenvalue weighted by molar-refractivity contribution is 5.57. The summed E-state index contributed by atoms with van der Waals surface area (Å²) in [5, 5.41) is 10.7. The predicted octanol–water partition coefficient (Wildman–Crippen LogP) is 1.86. The number of aromatic nitrogens is 8. The van der Waals surface area contributed by atoms with Gasteiger partial charge in [0.25, 0.3) is 5.78 Å². The third-order valence-corrected chi connectivity index (χ3v) is 3.15. The highest BCUT2D eigenvalue weighted by Crippen LogP contribution is 2.30. The van der Waals surface area contributed by atoms with Gasteiger partial charge in [-0.2, -0.15) is 32.9 Å². The van der Waals surface area contributed by atoms with Gasteiger partial charge in [0.2, 0.25) is 5.95 Å². The lowest BCUT2D eigenvalue weighted by atomic mass is 10.3. The number of hydrogen-bond acceptors (Lipinski definition) is 7. The summed E-state index contributed by atoms with van der Waals surface area (Å²) in [6, 6.07) is 2.50. The van der Waals surface area contributed by atoms with Gasteiger partial charge in [0.05, 0.1) is 18.1 Å². The van der Waals surface area contributed by atoms with Crippen molar-refractivity contribution in [3.63, 3.8) is 0 Å². The second kappa shape index (κ2) is 5.51. The molecular formula is C13H8F3N9. The minimum Gasteiger partial charge on any atom is -0.337 e. The molecule has 0 atom stereocenters. The van der Waals surface area contributed by atoms with Crippen LogP contribution in [-0.4, -0.2) is 39.3 Å². The first-order chi connectivity index (χ1) is 12.0. The number of nitrogens with one attached hydrogen (secondary N) is 1. The van der Waals surface area contributed by atoms with Crippen molar-refractivity contribution in [1.82, 2.24) is 39.3 Å². The van der Waals surface area contributed by atoms with Crippen molar-refractivity contribution in [3.8, 4) is 5.95 Å². The van der Waals surface area contributed by atoms with Crippen LogP contribution in [0.4, 0.5) is 24.7 Å². The van der Waals surface area contributed by atoms with Crippen LogP contribution >= 0.6 is 0 Å². The maximum atomic E-state index is 13.0. The molecule has 0 unspecified atom stereocenters. The van der Waals surface area contributed by atoms with E-state index in [2.05, 4.69) is 35.5 Å². The third-order valence-electron chi connectivity index (χ3n) is 3.15. The van der Waals surface area contributed by atoms with Crippen LogP contribution in [0.5, 0.6) is 0 Å². The Morgan fingerprint density at radius 2 is 1.84 bits per heavy atom. The lowest BCUT2D eigenvalue weighted by Gasteiger charge is -2.10. The molecule has 0 amide bonds. The number of rotatable bonds is 3. The van der Waals surface area contributed by atoms with Gasteiger partial charge in [-0.25, -0.2) is 19.6 Å². The molecule has 9 nitrogen and oxygen atoms in total. The van der Waals surface area contributed by atoms with Crippen LogP contribution in [0.25, 0.3) is 11.7 Å². The van der Waals surface area contributed by atoms with Crippen molar-refractivity contribution in [3.05, 3.63) is 48.9 Å². The zero-order valence-corrected chi connectivity index (χ0v) is 12.3. The molecule has 0 aromatic carbocycles. The Kier molecular flexibility index (Phi) is 3.30. The van der Waals surface area contributed by atoms with E-state index >= 15 is 0 Å². The van der Waals surface area contributed by atoms with E-state index in [4.69, 9.17) is 0 Å². The van der Waals surface area contributed by atoms with Gasteiger partial charge < -0.3 is 5.32 Å². The quantitative estimate of drug-likeness (QED) is 0.604. The molecule has 4 rings (SSSR count). The molecule has 126 valence electrons. The van der Waals surface area contributed by atoms with Gasteiger partial charge in [-0.3, -0.25) is 0 Å². The van der Waals surface area contributed by atoms with Crippen molar-refractivity contribution >= 4 is 17.3 Å². The molecule has 25 heavy (non-hydrogen) atoms. The van der Waals surface area contributed by atoms with Gasteiger partial charge in [0, 0.05) is 18.5 Å². The molecule has 0 aliphatic rings. The van der Waals surface area contributed by atoms with Crippen molar-refractivity contribution in [2.24, 2.45) is 0 Å². The van der Waals surface area contributed by atoms with Crippen molar-refractivity contribution < 1.29 is 13.2 Å². The summed E-state index contributed by atoms with van der Waals surface area (Å²) >= 11 is 0. The van der Waals surface area contributed by atoms with Gasteiger partial charge in [-0.1, -0.05) is 0 Å². The average Bonchev–Trinajstić information content (AvgIpc) is 3.24. The fourth-order valence-corrected chi connectivity index (χ4v) is 2.10. The van der Waals surface area contributed by atoms with Crippen LogP contribution < -0.4 is 5.32 Å². The summed E-state index contributed by atoms with van der Waals surface area (Å²) in [6.07, 6.45) is 2.57. The average molecular weight is 347 g/mol. The van der Waals surface area contributed by atoms with Crippen LogP contribution in [0.2, 0.25) is 0 Å². The molecule has 0 spiro atoms. The summed E-state index contributed by atoms with van der Waals surface area (Å²) in [5.41, 5.74) is -0.655. The normalized spacial score (nSPS) is 11.8. The molecule has 0 fully saturated rings. The fourth-order valence-electron chi connectivity index (χ4n) is 2.10. The van der Waals surface area contributed by atoms with Gasteiger partial charge >= 0.3 is 6.18 Å². The molecule has 0 saturated carbocycles. The minimum absolute atomic E-state index is 0.0448. The van der Waals surface area contributed by atoms with E-state index in [1.54, 1.807) is 18.5 Å². The summed E-state index contributed by atoms with van der Waals surface area (Å²) < 4.78 is 41.5. The van der Waals surface area contributed by atoms with Gasteiger partial charge in [-0.15, -0.1) is 0 Å². The van der Waals surface area contributed by atoms with E-state index in [-0.39, 0.29) is 11.6 Å². The first kappa shape index (κ1) is 15.0. The SMILES string of the molecule is FC(F)(F)c1cc(Nc2cnn(-c3ncccn3)c2)n2ncnc2n1. The van der Waals surface area contributed by atoms with Gasteiger partial charge in [0.1, 0.15) is 12.1 Å². The Morgan fingerprint density at radius 3 is 2.60 bits per heavy atom. The first-order valence-electron chi connectivity index (χ1n) is 6.88. The van der Waals surface area contributed by atoms with Crippen LogP contribution in [0, 0.1) is 0 Å². The monoisotopic (exact) mass is 347 g/mol. The lowest BCUT2D eigenvalue weighted by Crippen LogP contribution is -2.12. The smallest absolute Gasteiger partial charge is 0.337 e. The lowest BCUT2D eigenvalue weighted by molar-refractivity contribution is -0.141. The summed E-state index contributed by atoms with van der Waals surface area (Å²) in [6.45, 7) is 0. The minimum atomic E-state index is -4.60. The van der Waals surface area contributed by atoms with Crippen LogP contribution in [0.15, 0.2) is 43.2 Å². The molecule has 1 N–H and O–H groups in total. The maximum absolute atomic E-state index is 13.0. The number of nitrogens with zero attached hydrogens (tertiary/aromatic N) is 8. The molecule has 4 heterocycles. The number of hydrogen-bond donors (Lipinski definition) is 1. The summed E-state index contributed by atoms with van der Waals surface area (Å²) in [7, 11) is 0. The molecule has 4 aromatic heterocycles. The molecular weight excluding hydrogens is 339 g/mol. The van der Waals surface area contributed by atoms with Crippen LogP contribution in [-0.2, 0) is 6.18 Å². The van der Waals surface area contributed by atoms with Crippen molar-refractivity contribution in [2.75, 3.05) is 5.32 Å². The van der Waals surface area contributed by atoms with E-state index in [9.17, 15) is 13.2 Å².